The minimum Gasteiger partial charge on any atom is -0.351 e. The van der Waals surface area contributed by atoms with Gasteiger partial charge in [0, 0.05) is 26.2 Å². The standard InChI is InChI=1S/C10H13N3O/c1-3-4-5-7-11-10(14)9-6-8-12-13(9)2/h1,6,8H,4-5,7H2,2H3,(H,11,14). The molecule has 0 aliphatic heterocycles. The third kappa shape index (κ3) is 2.63. The third-order valence-corrected chi connectivity index (χ3v) is 1.84. The maximum absolute atomic E-state index is 11.5. The fourth-order valence-electron chi connectivity index (χ4n) is 1.08. The molecule has 1 rings (SSSR count). The maximum Gasteiger partial charge on any atom is 0.269 e. The summed E-state index contributed by atoms with van der Waals surface area (Å²) < 4.78 is 1.54. The van der Waals surface area contributed by atoms with E-state index < -0.39 is 0 Å². The lowest BCUT2D eigenvalue weighted by atomic mass is 10.3. The van der Waals surface area contributed by atoms with Crippen LogP contribution in [0.2, 0.25) is 0 Å². The Morgan fingerprint density at radius 1 is 1.79 bits per heavy atom. The quantitative estimate of drug-likeness (QED) is 0.558. The van der Waals surface area contributed by atoms with E-state index in [1.165, 1.54) is 4.68 Å². The van der Waals surface area contributed by atoms with E-state index in [2.05, 4.69) is 16.3 Å². The van der Waals surface area contributed by atoms with E-state index in [4.69, 9.17) is 6.42 Å². The molecule has 1 amide bonds. The molecule has 0 unspecified atom stereocenters. The number of unbranched alkanes of at least 4 members (excludes halogenated alkanes) is 1. The minimum atomic E-state index is -0.109. The van der Waals surface area contributed by atoms with Crippen molar-refractivity contribution in [1.82, 2.24) is 15.1 Å². The largest absolute Gasteiger partial charge is 0.351 e. The highest BCUT2D eigenvalue weighted by Crippen LogP contribution is 1.95. The smallest absolute Gasteiger partial charge is 0.269 e. The van der Waals surface area contributed by atoms with Crippen molar-refractivity contribution in [2.45, 2.75) is 12.8 Å². The zero-order valence-corrected chi connectivity index (χ0v) is 8.16. The van der Waals surface area contributed by atoms with Crippen molar-refractivity contribution in [3.05, 3.63) is 18.0 Å². The minimum absolute atomic E-state index is 0.109. The normalized spacial score (nSPS) is 9.43. The molecular weight excluding hydrogens is 178 g/mol. The first-order valence-corrected chi connectivity index (χ1v) is 4.45. The molecule has 74 valence electrons. The van der Waals surface area contributed by atoms with Gasteiger partial charge in [-0.25, -0.2) is 0 Å². The number of carbonyl (C=O) groups excluding carboxylic acids is 1. The Morgan fingerprint density at radius 3 is 3.14 bits per heavy atom. The van der Waals surface area contributed by atoms with Crippen molar-refractivity contribution in [3.63, 3.8) is 0 Å². The van der Waals surface area contributed by atoms with Crippen molar-refractivity contribution < 1.29 is 4.79 Å². The zero-order chi connectivity index (χ0) is 10.4. The van der Waals surface area contributed by atoms with Crippen LogP contribution in [0.4, 0.5) is 0 Å². The van der Waals surface area contributed by atoms with Crippen molar-refractivity contribution in [2.24, 2.45) is 7.05 Å². The van der Waals surface area contributed by atoms with Gasteiger partial charge in [0.2, 0.25) is 0 Å². The number of nitrogens with one attached hydrogen (secondary N) is 1. The molecule has 4 heteroatoms. The Hall–Kier alpha value is -1.76. The number of terminal acetylenes is 1. The van der Waals surface area contributed by atoms with E-state index in [0.29, 0.717) is 18.7 Å². The van der Waals surface area contributed by atoms with Crippen LogP contribution in [0.3, 0.4) is 0 Å². The van der Waals surface area contributed by atoms with Gasteiger partial charge in [-0.2, -0.15) is 5.10 Å². The number of aryl methyl sites for hydroxylation is 1. The van der Waals surface area contributed by atoms with E-state index >= 15 is 0 Å². The lowest BCUT2D eigenvalue weighted by Gasteiger charge is -2.03. The molecule has 1 aromatic rings. The van der Waals surface area contributed by atoms with E-state index in [1.54, 1.807) is 19.3 Å². The summed E-state index contributed by atoms with van der Waals surface area (Å²) in [7, 11) is 1.73. The van der Waals surface area contributed by atoms with E-state index in [-0.39, 0.29) is 5.91 Å². The van der Waals surface area contributed by atoms with Crippen LogP contribution in [-0.4, -0.2) is 22.2 Å². The molecule has 14 heavy (non-hydrogen) atoms. The van der Waals surface area contributed by atoms with Gasteiger partial charge in [-0.3, -0.25) is 9.48 Å². The summed E-state index contributed by atoms with van der Waals surface area (Å²) in [6.07, 6.45) is 8.17. The molecule has 0 aliphatic rings. The van der Waals surface area contributed by atoms with Crippen molar-refractivity contribution in [1.29, 1.82) is 0 Å². The maximum atomic E-state index is 11.5. The molecule has 0 fully saturated rings. The second-order valence-corrected chi connectivity index (χ2v) is 2.90. The number of rotatable bonds is 4. The van der Waals surface area contributed by atoms with E-state index in [1.807, 2.05) is 0 Å². The molecule has 1 heterocycles. The van der Waals surface area contributed by atoms with Crippen LogP contribution in [0, 0.1) is 12.3 Å². The predicted molar refractivity (Wildman–Crippen MR) is 53.6 cm³/mol. The van der Waals surface area contributed by atoms with Gasteiger partial charge in [0.1, 0.15) is 5.69 Å². The number of hydrogen-bond donors (Lipinski definition) is 1. The van der Waals surface area contributed by atoms with Crippen LogP contribution < -0.4 is 5.32 Å². The summed E-state index contributed by atoms with van der Waals surface area (Å²) in [5.74, 6) is 2.41. The summed E-state index contributed by atoms with van der Waals surface area (Å²) in [6.45, 7) is 0.605. The summed E-state index contributed by atoms with van der Waals surface area (Å²) in [6, 6.07) is 1.68. The van der Waals surface area contributed by atoms with Crippen LogP contribution in [0.25, 0.3) is 0 Å². The molecule has 0 saturated carbocycles. The zero-order valence-electron chi connectivity index (χ0n) is 8.16. The number of aromatic nitrogens is 2. The van der Waals surface area contributed by atoms with Crippen LogP contribution in [0.15, 0.2) is 12.3 Å². The molecule has 1 N–H and O–H groups in total. The molecule has 1 aromatic heterocycles. The lowest BCUT2D eigenvalue weighted by Crippen LogP contribution is -2.26. The predicted octanol–water partition coefficient (Wildman–Crippen LogP) is 0.563. The molecule has 0 aromatic carbocycles. The first kappa shape index (κ1) is 10.3. The third-order valence-electron chi connectivity index (χ3n) is 1.84. The van der Waals surface area contributed by atoms with Crippen molar-refractivity contribution in [2.75, 3.05) is 6.54 Å². The van der Waals surface area contributed by atoms with Gasteiger partial charge < -0.3 is 5.32 Å². The van der Waals surface area contributed by atoms with E-state index in [9.17, 15) is 4.79 Å². The first-order chi connectivity index (χ1) is 6.75. The van der Waals surface area contributed by atoms with Gasteiger partial charge in [-0.15, -0.1) is 12.3 Å². The summed E-state index contributed by atoms with van der Waals surface area (Å²) >= 11 is 0. The number of carbonyl (C=O) groups is 1. The average molecular weight is 191 g/mol. The molecule has 0 saturated heterocycles. The van der Waals surface area contributed by atoms with Crippen LogP contribution in [0.5, 0.6) is 0 Å². The fourth-order valence-corrected chi connectivity index (χ4v) is 1.08. The van der Waals surface area contributed by atoms with Gasteiger partial charge in [0.15, 0.2) is 0 Å². The van der Waals surface area contributed by atoms with Gasteiger partial charge in [0.25, 0.3) is 5.91 Å². The fraction of sp³-hybridized carbons (Fsp3) is 0.400. The Bertz CT molecular complexity index is 348. The Kier molecular flexibility index (Phi) is 3.74. The van der Waals surface area contributed by atoms with Crippen LogP contribution in [-0.2, 0) is 7.05 Å². The van der Waals surface area contributed by atoms with Gasteiger partial charge in [0.05, 0.1) is 0 Å². The molecule has 0 aliphatic carbocycles. The molecule has 4 nitrogen and oxygen atoms in total. The first-order valence-electron chi connectivity index (χ1n) is 4.45. The Labute approximate surface area is 83.3 Å². The highest BCUT2D eigenvalue weighted by atomic mass is 16.2. The molecule has 0 atom stereocenters. The highest BCUT2D eigenvalue weighted by Gasteiger charge is 2.07. The number of nitrogens with zero attached hydrogens (tertiary/aromatic N) is 2. The van der Waals surface area contributed by atoms with Gasteiger partial charge in [-0.05, 0) is 12.5 Å². The summed E-state index contributed by atoms with van der Waals surface area (Å²) in [4.78, 5) is 11.5. The molecule has 0 radical (unpaired) electrons. The second kappa shape index (κ2) is 5.07. The average Bonchev–Trinajstić information content (AvgIpc) is 2.59. The van der Waals surface area contributed by atoms with Gasteiger partial charge in [-0.1, -0.05) is 0 Å². The SMILES string of the molecule is C#CCCCNC(=O)c1ccnn1C. The van der Waals surface area contributed by atoms with Crippen LogP contribution >= 0.6 is 0 Å². The summed E-state index contributed by atoms with van der Waals surface area (Å²) in [5, 5.41) is 6.67. The Balaban J connectivity index is 2.37. The monoisotopic (exact) mass is 191 g/mol. The molecule has 0 bridgehead atoms. The van der Waals surface area contributed by atoms with Crippen molar-refractivity contribution in [3.8, 4) is 12.3 Å². The molecule has 0 spiro atoms. The highest BCUT2D eigenvalue weighted by molar-refractivity contribution is 5.92. The number of hydrogen-bond acceptors (Lipinski definition) is 2. The second-order valence-electron chi connectivity index (χ2n) is 2.90. The molecular formula is C10H13N3O. The lowest BCUT2D eigenvalue weighted by molar-refractivity contribution is 0.0944. The summed E-state index contributed by atoms with van der Waals surface area (Å²) in [5.41, 5.74) is 0.561. The number of amides is 1. The Morgan fingerprint density at radius 2 is 2.57 bits per heavy atom. The van der Waals surface area contributed by atoms with E-state index in [0.717, 1.165) is 6.42 Å². The van der Waals surface area contributed by atoms with Crippen molar-refractivity contribution >= 4 is 5.91 Å². The topological polar surface area (TPSA) is 46.9 Å². The van der Waals surface area contributed by atoms with Crippen LogP contribution in [0.1, 0.15) is 23.3 Å². The van der Waals surface area contributed by atoms with Gasteiger partial charge >= 0.3 is 0 Å².